The van der Waals surface area contributed by atoms with E-state index in [0.29, 0.717) is 19.3 Å². The zero-order valence-electron chi connectivity index (χ0n) is 60.4. The minimum Gasteiger partial charge on any atom is -0.454 e. The van der Waals surface area contributed by atoms with E-state index in [-0.39, 0.29) is 13.0 Å². The molecule has 8 unspecified atom stereocenters. The molecule has 0 spiro atoms. The van der Waals surface area contributed by atoms with Crippen LogP contribution < -0.4 is 5.32 Å². The summed E-state index contributed by atoms with van der Waals surface area (Å²) in [6, 6.07) is -1.02. The fourth-order valence-corrected chi connectivity index (χ4v) is 12.7. The summed E-state index contributed by atoms with van der Waals surface area (Å²) in [5.41, 5.74) is 0. The highest BCUT2D eigenvalue weighted by Gasteiger charge is 2.47. The molecule has 0 radical (unpaired) electrons. The number of hydrogen-bond donors (Lipinski definition) is 6. The number of hydrogen-bond acceptors (Lipinski definition) is 10. The Morgan fingerprint density at radius 3 is 1.14 bits per heavy atom. The summed E-state index contributed by atoms with van der Waals surface area (Å²) in [6.45, 7) is 5.83. The largest absolute Gasteiger partial charge is 0.454 e. The van der Waals surface area contributed by atoms with Gasteiger partial charge in [0.1, 0.15) is 24.4 Å². The molecule has 6 N–H and O–H groups in total. The SMILES string of the molecule is CCCCC/C=C\C/C=C\CCCCCCCCCCCCCCCCCC(=O)OC1C(OCC(NC(=O)C(O)CCCCCCCCCCCCCCCCCC/C=C/CCCCCCCC)C(O)/C=C/CCCCCCCCCCCC)OC(CO)C(O)C1O. The fraction of sp³-hybridized carbons (Fsp3) is 0.877. The van der Waals surface area contributed by atoms with E-state index < -0.39 is 67.4 Å². The van der Waals surface area contributed by atoms with Crippen LogP contribution in [0.4, 0.5) is 0 Å². The topological polar surface area (TPSA) is 175 Å². The van der Waals surface area contributed by atoms with Crippen LogP contribution in [-0.2, 0) is 23.8 Å². The molecule has 0 aromatic carbocycles. The number of nitrogens with one attached hydrogen (secondary N) is 1. The van der Waals surface area contributed by atoms with Crippen LogP contribution in [0.2, 0.25) is 0 Å². The summed E-state index contributed by atoms with van der Waals surface area (Å²) in [4.78, 5) is 26.8. The first-order chi connectivity index (χ1) is 45.2. The van der Waals surface area contributed by atoms with Gasteiger partial charge in [-0.1, -0.05) is 352 Å². The van der Waals surface area contributed by atoms with E-state index in [1.54, 1.807) is 6.08 Å². The number of amides is 1. The van der Waals surface area contributed by atoms with E-state index in [0.717, 1.165) is 64.2 Å². The number of aliphatic hydroxyl groups is 5. The minimum absolute atomic E-state index is 0.126. The Kier molecular flexibility index (Phi) is 65.3. The first-order valence-electron chi connectivity index (χ1n) is 39.9. The molecule has 1 aliphatic heterocycles. The van der Waals surface area contributed by atoms with Crippen LogP contribution in [0.25, 0.3) is 0 Å². The number of carbonyl (C=O) groups excluding carboxylic acids is 2. The Balaban J connectivity index is 2.48. The van der Waals surface area contributed by atoms with Gasteiger partial charge in [0.05, 0.1) is 25.4 Å². The molecule has 0 aromatic rings. The summed E-state index contributed by atoms with van der Waals surface area (Å²) < 4.78 is 17.8. The number of ether oxygens (including phenoxy) is 3. The molecule has 11 nitrogen and oxygen atoms in total. The normalized spacial score (nSPS) is 18.1. The third kappa shape index (κ3) is 54.7. The Morgan fingerprint density at radius 2 is 0.750 bits per heavy atom. The lowest BCUT2D eigenvalue weighted by atomic mass is 9.99. The zero-order chi connectivity index (χ0) is 66.7. The second-order valence-corrected chi connectivity index (χ2v) is 27.8. The van der Waals surface area contributed by atoms with Crippen molar-refractivity contribution in [1.82, 2.24) is 5.32 Å². The number of esters is 1. The molecule has 1 saturated heterocycles. The lowest BCUT2D eigenvalue weighted by molar-refractivity contribution is -0.305. The maximum Gasteiger partial charge on any atom is 0.306 e. The molecular formula is C81H151NO10. The monoisotopic (exact) mass is 1300 g/mol. The van der Waals surface area contributed by atoms with Gasteiger partial charge in [-0.15, -0.1) is 0 Å². The lowest BCUT2D eigenvalue weighted by Crippen LogP contribution is -2.61. The van der Waals surface area contributed by atoms with Crippen LogP contribution in [0.1, 0.15) is 393 Å². The number of aliphatic hydroxyl groups excluding tert-OH is 5. The molecule has 0 saturated carbocycles. The Bertz CT molecular complexity index is 1690. The van der Waals surface area contributed by atoms with E-state index in [1.165, 1.54) is 283 Å². The first kappa shape index (κ1) is 87.6. The van der Waals surface area contributed by atoms with Gasteiger partial charge in [-0.05, 0) is 83.5 Å². The number of unbranched alkanes of at least 4 members (excludes halogenated alkanes) is 50. The van der Waals surface area contributed by atoms with Crippen LogP contribution >= 0.6 is 0 Å². The maximum atomic E-state index is 13.5. The number of rotatable bonds is 70. The molecule has 1 rings (SSSR count). The number of carbonyl (C=O) groups is 2. The Labute approximate surface area is 567 Å². The molecule has 540 valence electrons. The Morgan fingerprint density at radius 1 is 0.424 bits per heavy atom. The van der Waals surface area contributed by atoms with Gasteiger partial charge in [0.25, 0.3) is 0 Å². The molecule has 1 fully saturated rings. The summed E-state index contributed by atoms with van der Waals surface area (Å²) in [6.07, 6.45) is 77.4. The van der Waals surface area contributed by atoms with Crippen LogP contribution in [0, 0.1) is 0 Å². The van der Waals surface area contributed by atoms with Crippen molar-refractivity contribution in [2.45, 2.75) is 442 Å². The van der Waals surface area contributed by atoms with E-state index >= 15 is 0 Å². The van der Waals surface area contributed by atoms with Crippen molar-refractivity contribution in [2.75, 3.05) is 13.2 Å². The highest BCUT2D eigenvalue weighted by atomic mass is 16.7. The standard InChI is InChI=1S/C81H151NO10/c1-4-7-10-13-16-19-22-25-27-29-31-33-35-37-39-40-42-44-46-48-50-53-56-59-62-65-68-74(85)80(89)82-72(73(84)67-64-61-58-55-52-24-21-18-15-12-9-6-3)71-90-81-79(78(88)77(87)75(70-83)91-81)92-76(86)69-66-63-60-57-54-51-49-47-45-43-41-38-36-34-32-30-28-26-23-20-17-14-11-8-5-2/h17,20,25-28,64,67,72-75,77-79,81,83-85,87-88H,4-16,18-19,21-24,29-63,65-66,68-71H2,1-3H3,(H,82,89)/b20-17-,27-25+,28-26-,67-64+. The van der Waals surface area contributed by atoms with E-state index in [9.17, 15) is 35.1 Å². The van der Waals surface area contributed by atoms with Gasteiger partial charge in [-0.2, -0.15) is 0 Å². The van der Waals surface area contributed by atoms with Gasteiger partial charge in [0.15, 0.2) is 12.4 Å². The van der Waals surface area contributed by atoms with Crippen molar-refractivity contribution in [3.63, 3.8) is 0 Å². The predicted octanol–water partition coefficient (Wildman–Crippen LogP) is 21.5. The van der Waals surface area contributed by atoms with Gasteiger partial charge in [0, 0.05) is 6.42 Å². The summed E-state index contributed by atoms with van der Waals surface area (Å²) >= 11 is 0. The van der Waals surface area contributed by atoms with E-state index in [1.807, 2.05) is 6.08 Å². The van der Waals surface area contributed by atoms with Crippen LogP contribution in [0.5, 0.6) is 0 Å². The van der Waals surface area contributed by atoms with Crippen molar-refractivity contribution in [2.24, 2.45) is 0 Å². The van der Waals surface area contributed by atoms with Crippen molar-refractivity contribution < 1.29 is 49.3 Å². The number of allylic oxidation sites excluding steroid dienone is 7. The molecule has 1 aliphatic rings. The fourth-order valence-electron chi connectivity index (χ4n) is 12.7. The molecule has 0 aromatic heterocycles. The molecule has 1 heterocycles. The third-order valence-corrected chi connectivity index (χ3v) is 19.0. The Hall–Kier alpha value is -2.38. The highest BCUT2D eigenvalue weighted by molar-refractivity contribution is 5.80. The van der Waals surface area contributed by atoms with Gasteiger partial charge in [-0.25, -0.2) is 0 Å². The lowest BCUT2D eigenvalue weighted by Gasteiger charge is -2.41. The average molecular weight is 1300 g/mol. The zero-order valence-corrected chi connectivity index (χ0v) is 60.4. The smallest absolute Gasteiger partial charge is 0.306 e. The molecular weight excluding hydrogens is 1150 g/mol. The summed E-state index contributed by atoms with van der Waals surface area (Å²) in [5.74, 6) is -1.18. The molecule has 8 atom stereocenters. The van der Waals surface area contributed by atoms with Crippen molar-refractivity contribution in [3.8, 4) is 0 Å². The highest BCUT2D eigenvalue weighted by Crippen LogP contribution is 2.27. The van der Waals surface area contributed by atoms with E-state index in [2.05, 4.69) is 62.5 Å². The maximum absolute atomic E-state index is 13.5. The van der Waals surface area contributed by atoms with Gasteiger partial charge in [-0.3, -0.25) is 9.59 Å². The second-order valence-electron chi connectivity index (χ2n) is 27.8. The molecule has 0 bridgehead atoms. The van der Waals surface area contributed by atoms with Crippen LogP contribution in [0.3, 0.4) is 0 Å². The molecule has 0 aliphatic carbocycles. The van der Waals surface area contributed by atoms with Crippen LogP contribution in [-0.4, -0.2) is 99.6 Å². The summed E-state index contributed by atoms with van der Waals surface area (Å²) in [7, 11) is 0. The molecule has 1 amide bonds. The summed E-state index contributed by atoms with van der Waals surface area (Å²) in [5, 5.41) is 57.4. The average Bonchev–Trinajstić information content (AvgIpc) is 0.875. The van der Waals surface area contributed by atoms with Crippen LogP contribution in [0.15, 0.2) is 48.6 Å². The first-order valence-corrected chi connectivity index (χ1v) is 39.9. The van der Waals surface area contributed by atoms with Gasteiger partial charge in [0.2, 0.25) is 5.91 Å². The quantitative estimate of drug-likeness (QED) is 0.0195. The molecule has 11 heteroatoms. The predicted molar refractivity (Wildman–Crippen MR) is 389 cm³/mol. The second kappa shape index (κ2) is 68.6. The van der Waals surface area contributed by atoms with E-state index in [4.69, 9.17) is 14.2 Å². The van der Waals surface area contributed by atoms with Crippen molar-refractivity contribution >= 4 is 11.9 Å². The van der Waals surface area contributed by atoms with Crippen molar-refractivity contribution in [1.29, 1.82) is 0 Å². The minimum atomic E-state index is -1.61. The van der Waals surface area contributed by atoms with Crippen molar-refractivity contribution in [3.05, 3.63) is 48.6 Å². The van der Waals surface area contributed by atoms with Gasteiger partial charge < -0.3 is 45.1 Å². The molecule has 92 heavy (non-hydrogen) atoms. The third-order valence-electron chi connectivity index (χ3n) is 19.0. The van der Waals surface area contributed by atoms with Gasteiger partial charge >= 0.3 is 5.97 Å².